The van der Waals surface area contributed by atoms with E-state index >= 15 is 0 Å². The van der Waals surface area contributed by atoms with E-state index in [2.05, 4.69) is 20.8 Å². The first-order valence-corrected chi connectivity index (χ1v) is 6.14. The molecule has 0 aliphatic carbocycles. The highest BCUT2D eigenvalue weighted by Crippen LogP contribution is 2.34. The molecule has 0 saturated carbocycles. The zero-order valence-corrected chi connectivity index (χ0v) is 11.3. The van der Waals surface area contributed by atoms with Gasteiger partial charge in [-0.1, -0.05) is 20.8 Å². The van der Waals surface area contributed by atoms with Crippen LogP contribution in [0.2, 0.25) is 0 Å². The summed E-state index contributed by atoms with van der Waals surface area (Å²) >= 11 is 1.45. The average Bonchev–Trinajstić information content (AvgIpc) is 2.44. The molecule has 0 radical (unpaired) electrons. The van der Waals surface area contributed by atoms with Crippen molar-refractivity contribution in [1.29, 1.82) is 0 Å². The minimum absolute atomic E-state index is 0.00907. The smallest absolute Gasteiger partial charge is 0.341 e. The quantitative estimate of drug-likeness (QED) is 0.809. The number of hydrogen-bond acceptors (Lipinski definition) is 4. The molecule has 0 unspecified atom stereocenters. The number of hydrogen-bond donors (Lipinski definition) is 1. The Balaban J connectivity index is 2.99. The van der Waals surface area contributed by atoms with Crippen LogP contribution in [0.1, 0.15) is 49.9 Å². The van der Waals surface area contributed by atoms with E-state index in [1.165, 1.54) is 11.3 Å². The van der Waals surface area contributed by atoms with Gasteiger partial charge in [0.25, 0.3) is 0 Å². The van der Waals surface area contributed by atoms with Gasteiger partial charge in [0.1, 0.15) is 5.00 Å². The maximum atomic E-state index is 11.7. The number of carbonyl (C=O) groups excluding carboxylic acids is 1. The lowest BCUT2D eigenvalue weighted by Gasteiger charge is -2.15. The Labute approximate surface area is 101 Å². The molecule has 0 bridgehead atoms. The molecule has 1 heterocycles. The van der Waals surface area contributed by atoms with Crippen LogP contribution in [-0.2, 0) is 10.2 Å². The van der Waals surface area contributed by atoms with Crippen molar-refractivity contribution in [2.75, 3.05) is 5.73 Å². The summed E-state index contributed by atoms with van der Waals surface area (Å²) in [5.74, 6) is -0.334. The van der Waals surface area contributed by atoms with E-state index < -0.39 is 0 Å². The monoisotopic (exact) mass is 241 g/mol. The molecule has 0 amide bonds. The van der Waals surface area contributed by atoms with Gasteiger partial charge in [-0.05, 0) is 25.3 Å². The molecule has 0 fully saturated rings. The van der Waals surface area contributed by atoms with E-state index in [0.29, 0.717) is 10.6 Å². The highest BCUT2D eigenvalue weighted by atomic mass is 32.1. The second-order valence-electron chi connectivity index (χ2n) is 5.09. The molecule has 0 aliphatic rings. The summed E-state index contributed by atoms with van der Waals surface area (Å²) in [6.45, 7) is 9.93. The van der Waals surface area contributed by atoms with Crippen molar-refractivity contribution in [3.05, 3.63) is 16.5 Å². The Bertz CT molecular complexity index is 388. The summed E-state index contributed by atoms with van der Waals surface area (Å²) < 4.78 is 5.13. The van der Waals surface area contributed by atoms with Crippen molar-refractivity contribution in [2.45, 2.75) is 46.1 Å². The zero-order chi connectivity index (χ0) is 12.5. The number of nitrogens with two attached hydrogens (primary N) is 1. The summed E-state index contributed by atoms with van der Waals surface area (Å²) in [4.78, 5) is 12.8. The van der Waals surface area contributed by atoms with Crippen LogP contribution in [-0.4, -0.2) is 12.1 Å². The zero-order valence-electron chi connectivity index (χ0n) is 10.5. The first kappa shape index (κ1) is 13.0. The summed E-state index contributed by atoms with van der Waals surface area (Å²) in [5.41, 5.74) is 6.33. The minimum Gasteiger partial charge on any atom is -0.459 e. The van der Waals surface area contributed by atoms with Crippen molar-refractivity contribution >= 4 is 22.3 Å². The van der Waals surface area contributed by atoms with E-state index in [-0.39, 0.29) is 17.5 Å². The largest absolute Gasteiger partial charge is 0.459 e. The standard InChI is InChI=1S/C12H19NO2S/c1-7(2)15-11(14)8-6-9(12(3,4)5)16-10(8)13/h6-7H,13H2,1-5H3. The molecule has 1 aromatic heterocycles. The van der Waals surface area contributed by atoms with Gasteiger partial charge in [0.15, 0.2) is 0 Å². The highest BCUT2D eigenvalue weighted by Gasteiger charge is 2.22. The molecule has 4 heteroatoms. The molecule has 1 rings (SSSR count). The molecule has 0 aliphatic heterocycles. The van der Waals surface area contributed by atoms with E-state index in [9.17, 15) is 4.79 Å². The van der Waals surface area contributed by atoms with Crippen LogP contribution in [0.25, 0.3) is 0 Å². The van der Waals surface area contributed by atoms with E-state index in [0.717, 1.165) is 4.88 Å². The molecule has 90 valence electrons. The van der Waals surface area contributed by atoms with Gasteiger partial charge in [-0.25, -0.2) is 4.79 Å². The molecule has 0 saturated heterocycles. The van der Waals surface area contributed by atoms with Gasteiger partial charge in [-0.2, -0.15) is 0 Å². The Morgan fingerprint density at radius 3 is 2.38 bits per heavy atom. The maximum absolute atomic E-state index is 11.7. The third-order valence-corrected chi connectivity index (χ3v) is 3.45. The minimum atomic E-state index is -0.334. The summed E-state index contributed by atoms with van der Waals surface area (Å²) in [6, 6.07) is 1.84. The van der Waals surface area contributed by atoms with Crippen LogP contribution in [0.3, 0.4) is 0 Å². The molecular formula is C12H19NO2S. The molecule has 1 aromatic rings. The molecular weight excluding hydrogens is 222 g/mol. The van der Waals surface area contributed by atoms with Crippen molar-refractivity contribution in [1.82, 2.24) is 0 Å². The highest BCUT2D eigenvalue weighted by molar-refractivity contribution is 7.16. The predicted octanol–water partition coefficient (Wildman–Crippen LogP) is 3.19. The number of anilines is 1. The fraction of sp³-hybridized carbons (Fsp3) is 0.583. The maximum Gasteiger partial charge on any atom is 0.341 e. The molecule has 3 nitrogen and oxygen atoms in total. The van der Waals surface area contributed by atoms with E-state index in [1.54, 1.807) is 0 Å². The second-order valence-corrected chi connectivity index (χ2v) is 6.18. The van der Waals surface area contributed by atoms with E-state index in [1.807, 2.05) is 19.9 Å². The lowest BCUT2D eigenvalue weighted by atomic mass is 9.94. The molecule has 0 aromatic carbocycles. The Kier molecular flexibility index (Phi) is 3.63. The number of thiophene rings is 1. The van der Waals surface area contributed by atoms with Gasteiger partial charge < -0.3 is 10.5 Å². The number of esters is 1. The average molecular weight is 241 g/mol. The molecule has 0 atom stereocenters. The number of rotatable bonds is 2. The molecule has 16 heavy (non-hydrogen) atoms. The first-order chi connectivity index (χ1) is 7.21. The fourth-order valence-corrected chi connectivity index (χ4v) is 2.18. The van der Waals surface area contributed by atoms with Crippen LogP contribution in [0.5, 0.6) is 0 Å². The number of carbonyl (C=O) groups is 1. The molecule has 2 N–H and O–H groups in total. The molecule has 0 spiro atoms. The SMILES string of the molecule is CC(C)OC(=O)c1cc(C(C)(C)C)sc1N. The van der Waals surface area contributed by atoms with Gasteiger partial charge in [-0.3, -0.25) is 0 Å². The van der Waals surface area contributed by atoms with Crippen molar-refractivity contribution in [2.24, 2.45) is 0 Å². The Morgan fingerprint density at radius 1 is 1.44 bits per heavy atom. The lowest BCUT2D eigenvalue weighted by Crippen LogP contribution is -2.12. The first-order valence-electron chi connectivity index (χ1n) is 5.32. The third kappa shape index (κ3) is 2.98. The van der Waals surface area contributed by atoms with Crippen LogP contribution in [0.4, 0.5) is 5.00 Å². The van der Waals surface area contributed by atoms with Gasteiger partial charge in [0.05, 0.1) is 11.7 Å². The van der Waals surface area contributed by atoms with Gasteiger partial charge in [0.2, 0.25) is 0 Å². The van der Waals surface area contributed by atoms with Crippen LogP contribution < -0.4 is 5.73 Å². The summed E-state index contributed by atoms with van der Waals surface area (Å²) in [5, 5.41) is 0.538. The predicted molar refractivity (Wildman–Crippen MR) is 68.0 cm³/mol. The van der Waals surface area contributed by atoms with Crippen LogP contribution >= 0.6 is 11.3 Å². The third-order valence-electron chi connectivity index (χ3n) is 2.06. The van der Waals surface area contributed by atoms with Crippen molar-refractivity contribution in [3.8, 4) is 0 Å². The lowest BCUT2D eigenvalue weighted by molar-refractivity contribution is 0.0379. The Hall–Kier alpha value is -1.03. The topological polar surface area (TPSA) is 52.3 Å². The van der Waals surface area contributed by atoms with E-state index in [4.69, 9.17) is 10.5 Å². The van der Waals surface area contributed by atoms with Crippen molar-refractivity contribution < 1.29 is 9.53 Å². The van der Waals surface area contributed by atoms with Gasteiger partial charge in [0, 0.05) is 4.88 Å². The summed E-state index contributed by atoms with van der Waals surface area (Å²) in [7, 11) is 0. The van der Waals surface area contributed by atoms with Gasteiger partial charge >= 0.3 is 5.97 Å². The van der Waals surface area contributed by atoms with Crippen LogP contribution in [0, 0.1) is 0 Å². The number of ether oxygens (including phenoxy) is 1. The normalized spacial score (nSPS) is 11.9. The Morgan fingerprint density at radius 2 is 2.00 bits per heavy atom. The fourth-order valence-electron chi connectivity index (χ4n) is 1.21. The van der Waals surface area contributed by atoms with Crippen molar-refractivity contribution in [3.63, 3.8) is 0 Å². The van der Waals surface area contributed by atoms with Crippen LogP contribution in [0.15, 0.2) is 6.07 Å². The summed E-state index contributed by atoms with van der Waals surface area (Å²) in [6.07, 6.45) is -0.120. The van der Waals surface area contributed by atoms with Gasteiger partial charge in [-0.15, -0.1) is 11.3 Å². The number of nitrogen functional groups attached to an aromatic ring is 1. The second kappa shape index (κ2) is 4.45.